The van der Waals surface area contributed by atoms with Gasteiger partial charge in [0.1, 0.15) is 11.5 Å². The first kappa shape index (κ1) is 17.3. The maximum Gasteiger partial charge on any atom is 0.255 e. The SMILES string of the molecule is COc1ccc(C(=O)Nc2cc(C)ccc2OC)cc1NC(C)=O. The van der Waals surface area contributed by atoms with Gasteiger partial charge in [0, 0.05) is 12.5 Å². The summed E-state index contributed by atoms with van der Waals surface area (Å²) in [7, 11) is 3.04. The number of ether oxygens (including phenoxy) is 2. The van der Waals surface area contributed by atoms with Crippen molar-refractivity contribution >= 4 is 23.2 Å². The van der Waals surface area contributed by atoms with E-state index in [-0.39, 0.29) is 11.8 Å². The second-order valence-corrected chi connectivity index (χ2v) is 5.25. The molecule has 0 heterocycles. The highest BCUT2D eigenvalue weighted by Crippen LogP contribution is 2.28. The molecule has 0 aromatic heterocycles. The summed E-state index contributed by atoms with van der Waals surface area (Å²) in [5.41, 5.74) is 2.41. The Labute approximate surface area is 140 Å². The van der Waals surface area contributed by atoms with Crippen molar-refractivity contribution in [3.05, 3.63) is 47.5 Å². The molecule has 0 fully saturated rings. The zero-order valence-corrected chi connectivity index (χ0v) is 14.1. The number of nitrogens with one attached hydrogen (secondary N) is 2. The maximum atomic E-state index is 12.5. The smallest absolute Gasteiger partial charge is 0.255 e. The third-order valence-corrected chi connectivity index (χ3v) is 3.38. The molecule has 2 aromatic carbocycles. The molecule has 2 amide bonds. The molecule has 0 saturated heterocycles. The van der Waals surface area contributed by atoms with E-state index in [0.29, 0.717) is 28.4 Å². The van der Waals surface area contributed by atoms with Crippen molar-refractivity contribution < 1.29 is 19.1 Å². The van der Waals surface area contributed by atoms with Crippen LogP contribution in [0.5, 0.6) is 11.5 Å². The van der Waals surface area contributed by atoms with Crippen LogP contribution in [0.3, 0.4) is 0 Å². The lowest BCUT2D eigenvalue weighted by atomic mass is 10.1. The molecule has 2 aromatic rings. The van der Waals surface area contributed by atoms with Gasteiger partial charge in [-0.3, -0.25) is 9.59 Å². The predicted octanol–water partition coefficient (Wildman–Crippen LogP) is 3.22. The van der Waals surface area contributed by atoms with Crippen LogP contribution in [-0.2, 0) is 4.79 Å². The van der Waals surface area contributed by atoms with E-state index in [1.54, 1.807) is 31.4 Å². The van der Waals surface area contributed by atoms with Gasteiger partial charge in [0.15, 0.2) is 0 Å². The van der Waals surface area contributed by atoms with Gasteiger partial charge in [0.2, 0.25) is 5.91 Å². The number of hydrogen-bond acceptors (Lipinski definition) is 4. The van der Waals surface area contributed by atoms with Crippen molar-refractivity contribution in [2.45, 2.75) is 13.8 Å². The van der Waals surface area contributed by atoms with E-state index in [1.165, 1.54) is 14.0 Å². The van der Waals surface area contributed by atoms with Gasteiger partial charge in [-0.25, -0.2) is 0 Å². The zero-order valence-electron chi connectivity index (χ0n) is 14.1. The molecule has 0 spiro atoms. The predicted molar refractivity (Wildman–Crippen MR) is 93.0 cm³/mol. The summed E-state index contributed by atoms with van der Waals surface area (Å²) in [4.78, 5) is 23.8. The van der Waals surface area contributed by atoms with Gasteiger partial charge in [-0.15, -0.1) is 0 Å². The second kappa shape index (κ2) is 7.50. The quantitative estimate of drug-likeness (QED) is 0.883. The Bertz CT molecular complexity index is 772. The van der Waals surface area contributed by atoms with Gasteiger partial charge in [-0.05, 0) is 42.8 Å². The second-order valence-electron chi connectivity index (χ2n) is 5.25. The van der Waals surface area contributed by atoms with Crippen molar-refractivity contribution in [1.29, 1.82) is 0 Å². The van der Waals surface area contributed by atoms with Crippen LogP contribution < -0.4 is 20.1 Å². The topological polar surface area (TPSA) is 76.7 Å². The summed E-state index contributed by atoms with van der Waals surface area (Å²) in [6.45, 7) is 3.32. The highest BCUT2D eigenvalue weighted by Gasteiger charge is 2.13. The maximum absolute atomic E-state index is 12.5. The molecule has 24 heavy (non-hydrogen) atoms. The van der Waals surface area contributed by atoms with Crippen LogP contribution in [0.1, 0.15) is 22.8 Å². The first-order valence-electron chi connectivity index (χ1n) is 7.36. The minimum atomic E-state index is -0.312. The Morgan fingerprint density at radius 2 is 1.46 bits per heavy atom. The third kappa shape index (κ3) is 4.04. The number of hydrogen-bond donors (Lipinski definition) is 2. The van der Waals surface area contributed by atoms with Gasteiger partial charge in [0.25, 0.3) is 5.91 Å². The molecular weight excluding hydrogens is 308 g/mol. The molecule has 0 aliphatic heterocycles. The van der Waals surface area contributed by atoms with Crippen LogP contribution in [0, 0.1) is 6.92 Å². The van der Waals surface area contributed by atoms with Crippen LogP contribution in [-0.4, -0.2) is 26.0 Å². The zero-order chi connectivity index (χ0) is 17.7. The molecule has 2 rings (SSSR count). The fourth-order valence-corrected chi connectivity index (χ4v) is 2.25. The average molecular weight is 328 g/mol. The van der Waals surface area contributed by atoms with E-state index in [0.717, 1.165) is 5.56 Å². The lowest BCUT2D eigenvalue weighted by molar-refractivity contribution is -0.114. The Hall–Kier alpha value is -3.02. The summed E-state index contributed by atoms with van der Waals surface area (Å²) in [5, 5.41) is 5.47. The molecule has 0 bridgehead atoms. The molecule has 0 unspecified atom stereocenters. The summed E-state index contributed by atoms with van der Waals surface area (Å²) in [6, 6.07) is 10.3. The molecule has 126 valence electrons. The Balaban J connectivity index is 2.30. The normalized spacial score (nSPS) is 10.0. The van der Waals surface area contributed by atoms with Gasteiger partial charge >= 0.3 is 0 Å². The van der Waals surface area contributed by atoms with Crippen LogP contribution in [0.25, 0.3) is 0 Å². The molecule has 6 nitrogen and oxygen atoms in total. The lowest BCUT2D eigenvalue weighted by Crippen LogP contribution is -2.14. The fourth-order valence-electron chi connectivity index (χ4n) is 2.25. The first-order valence-corrected chi connectivity index (χ1v) is 7.36. The minimum Gasteiger partial charge on any atom is -0.495 e. The molecule has 0 atom stereocenters. The van der Waals surface area contributed by atoms with Gasteiger partial charge in [-0.1, -0.05) is 6.07 Å². The number of benzene rings is 2. The number of aryl methyl sites for hydroxylation is 1. The van der Waals surface area contributed by atoms with Crippen molar-refractivity contribution in [2.24, 2.45) is 0 Å². The minimum absolute atomic E-state index is 0.244. The number of methoxy groups -OCH3 is 2. The Kier molecular flexibility index (Phi) is 5.42. The van der Waals surface area contributed by atoms with Crippen molar-refractivity contribution in [1.82, 2.24) is 0 Å². The summed E-state index contributed by atoms with van der Waals surface area (Å²) >= 11 is 0. The summed E-state index contributed by atoms with van der Waals surface area (Å²) < 4.78 is 10.4. The van der Waals surface area contributed by atoms with Gasteiger partial charge in [-0.2, -0.15) is 0 Å². The standard InChI is InChI=1S/C18H20N2O4/c1-11-5-7-16(23-3)14(9-11)20-18(22)13-6-8-17(24-4)15(10-13)19-12(2)21/h5-10H,1-4H3,(H,19,21)(H,20,22). The molecule has 0 radical (unpaired) electrons. The van der Waals surface area contributed by atoms with Gasteiger partial charge < -0.3 is 20.1 Å². The van der Waals surface area contributed by atoms with E-state index in [1.807, 2.05) is 19.1 Å². The molecule has 2 N–H and O–H groups in total. The Morgan fingerprint density at radius 1 is 0.875 bits per heavy atom. The lowest BCUT2D eigenvalue weighted by Gasteiger charge is -2.13. The van der Waals surface area contributed by atoms with Crippen molar-refractivity contribution in [3.8, 4) is 11.5 Å². The number of anilines is 2. The molecule has 0 aliphatic carbocycles. The van der Waals surface area contributed by atoms with Crippen molar-refractivity contribution in [3.63, 3.8) is 0 Å². The molecular formula is C18H20N2O4. The van der Waals surface area contributed by atoms with Crippen LogP contribution in [0.2, 0.25) is 0 Å². The number of amides is 2. The van der Waals surface area contributed by atoms with Crippen LogP contribution >= 0.6 is 0 Å². The molecule has 0 saturated carbocycles. The van der Waals surface area contributed by atoms with Crippen LogP contribution in [0.15, 0.2) is 36.4 Å². The third-order valence-electron chi connectivity index (χ3n) is 3.38. The number of rotatable bonds is 5. The highest BCUT2D eigenvalue weighted by molar-refractivity contribution is 6.06. The van der Waals surface area contributed by atoms with E-state index < -0.39 is 0 Å². The summed E-state index contributed by atoms with van der Waals surface area (Å²) in [5.74, 6) is 0.499. The largest absolute Gasteiger partial charge is 0.495 e. The fraction of sp³-hybridized carbons (Fsp3) is 0.222. The first-order chi connectivity index (χ1) is 11.4. The van der Waals surface area contributed by atoms with E-state index in [9.17, 15) is 9.59 Å². The average Bonchev–Trinajstić information content (AvgIpc) is 2.54. The van der Waals surface area contributed by atoms with E-state index in [2.05, 4.69) is 10.6 Å². The molecule has 0 aliphatic rings. The van der Waals surface area contributed by atoms with Crippen LogP contribution in [0.4, 0.5) is 11.4 Å². The Morgan fingerprint density at radius 3 is 2.04 bits per heavy atom. The monoisotopic (exact) mass is 328 g/mol. The summed E-state index contributed by atoms with van der Waals surface area (Å²) in [6.07, 6.45) is 0. The van der Waals surface area contributed by atoms with Crippen molar-refractivity contribution in [2.75, 3.05) is 24.9 Å². The number of carbonyl (C=O) groups is 2. The number of carbonyl (C=O) groups excluding carboxylic acids is 2. The van der Waals surface area contributed by atoms with E-state index in [4.69, 9.17) is 9.47 Å². The van der Waals surface area contributed by atoms with Gasteiger partial charge in [0.05, 0.1) is 25.6 Å². The van der Waals surface area contributed by atoms with E-state index >= 15 is 0 Å². The highest BCUT2D eigenvalue weighted by atomic mass is 16.5. The molecule has 6 heteroatoms.